The SMILES string of the molecule is CC(C)CC(CN(C)C)NCC(O)CN1CCOCC1. The highest BCUT2D eigenvalue weighted by molar-refractivity contribution is 4.75. The lowest BCUT2D eigenvalue weighted by molar-refractivity contribution is 0.0142. The van der Waals surface area contributed by atoms with Gasteiger partial charge in [0, 0.05) is 38.8 Å². The average Bonchev–Trinajstić information content (AvgIpc) is 2.36. The Labute approximate surface area is 124 Å². The number of aliphatic hydroxyl groups is 1. The number of nitrogens with one attached hydrogen (secondary N) is 1. The van der Waals surface area contributed by atoms with Crippen molar-refractivity contribution in [1.29, 1.82) is 0 Å². The van der Waals surface area contributed by atoms with Crippen molar-refractivity contribution in [2.75, 3.05) is 60.0 Å². The van der Waals surface area contributed by atoms with Gasteiger partial charge in [0.25, 0.3) is 0 Å². The fourth-order valence-electron chi connectivity index (χ4n) is 2.68. The van der Waals surface area contributed by atoms with Crippen LogP contribution in [0.2, 0.25) is 0 Å². The fourth-order valence-corrected chi connectivity index (χ4v) is 2.68. The molecule has 1 fully saturated rings. The van der Waals surface area contributed by atoms with E-state index in [9.17, 15) is 5.11 Å². The Morgan fingerprint density at radius 1 is 1.25 bits per heavy atom. The summed E-state index contributed by atoms with van der Waals surface area (Å²) < 4.78 is 5.32. The number of aliphatic hydroxyl groups excluding tert-OH is 1. The van der Waals surface area contributed by atoms with Crippen LogP contribution in [0.15, 0.2) is 0 Å². The maximum absolute atomic E-state index is 10.2. The van der Waals surface area contributed by atoms with Gasteiger partial charge in [-0.25, -0.2) is 0 Å². The molecule has 0 bridgehead atoms. The maximum Gasteiger partial charge on any atom is 0.0791 e. The molecular weight excluding hydrogens is 254 g/mol. The van der Waals surface area contributed by atoms with Crippen molar-refractivity contribution in [1.82, 2.24) is 15.1 Å². The third kappa shape index (κ3) is 8.17. The third-order valence-corrected chi connectivity index (χ3v) is 3.56. The predicted molar refractivity (Wildman–Crippen MR) is 83.1 cm³/mol. The zero-order chi connectivity index (χ0) is 15.0. The van der Waals surface area contributed by atoms with Gasteiger partial charge in [-0.05, 0) is 26.4 Å². The molecule has 120 valence electrons. The number of rotatable bonds is 9. The van der Waals surface area contributed by atoms with E-state index in [0.717, 1.165) is 45.8 Å². The summed E-state index contributed by atoms with van der Waals surface area (Å²) in [4.78, 5) is 4.48. The zero-order valence-electron chi connectivity index (χ0n) is 13.6. The number of likely N-dealkylation sites (N-methyl/N-ethyl adjacent to an activating group) is 1. The van der Waals surface area contributed by atoms with E-state index in [0.29, 0.717) is 18.5 Å². The second-order valence-corrected chi connectivity index (χ2v) is 6.56. The maximum atomic E-state index is 10.2. The molecule has 1 aliphatic rings. The van der Waals surface area contributed by atoms with Crippen LogP contribution in [0, 0.1) is 5.92 Å². The number of β-amino-alcohol motifs (C(OH)–C–C–N with tert-alkyl or cyclic N) is 1. The summed E-state index contributed by atoms with van der Waals surface area (Å²) in [6, 6.07) is 0.448. The highest BCUT2D eigenvalue weighted by Gasteiger charge is 2.17. The quantitative estimate of drug-likeness (QED) is 0.636. The van der Waals surface area contributed by atoms with Crippen LogP contribution in [0.4, 0.5) is 0 Å². The van der Waals surface area contributed by atoms with E-state index in [1.54, 1.807) is 0 Å². The van der Waals surface area contributed by atoms with E-state index in [1.807, 2.05) is 0 Å². The summed E-state index contributed by atoms with van der Waals surface area (Å²) in [5, 5.41) is 13.7. The lowest BCUT2D eigenvalue weighted by Crippen LogP contribution is -2.47. The van der Waals surface area contributed by atoms with Crippen molar-refractivity contribution >= 4 is 0 Å². The first-order valence-corrected chi connectivity index (χ1v) is 7.83. The van der Waals surface area contributed by atoms with E-state index in [4.69, 9.17) is 4.74 Å². The van der Waals surface area contributed by atoms with Gasteiger partial charge in [-0.15, -0.1) is 0 Å². The van der Waals surface area contributed by atoms with Gasteiger partial charge in [0.2, 0.25) is 0 Å². The first-order chi connectivity index (χ1) is 9.47. The van der Waals surface area contributed by atoms with Gasteiger partial charge in [-0.3, -0.25) is 4.90 Å². The number of ether oxygens (including phenoxy) is 1. The van der Waals surface area contributed by atoms with E-state index < -0.39 is 0 Å². The minimum absolute atomic E-state index is 0.301. The van der Waals surface area contributed by atoms with Gasteiger partial charge >= 0.3 is 0 Å². The molecule has 0 aromatic heterocycles. The molecule has 0 radical (unpaired) electrons. The Bertz CT molecular complexity index is 233. The minimum atomic E-state index is -0.301. The number of morpholine rings is 1. The summed E-state index contributed by atoms with van der Waals surface area (Å²) in [6.07, 6.45) is 0.840. The molecule has 20 heavy (non-hydrogen) atoms. The van der Waals surface area contributed by atoms with E-state index in [2.05, 4.69) is 43.1 Å². The molecule has 1 heterocycles. The topological polar surface area (TPSA) is 48.0 Å². The van der Waals surface area contributed by atoms with Gasteiger partial charge in [-0.2, -0.15) is 0 Å². The van der Waals surface area contributed by atoms with Gasteiger partial charge in [0.1, 0.15) is 0 Å². The molecular formula is C15H33N3O2. The molecule has 0 aromatic carbocycles. The second kappa shape index (κ2) is 9.68. The second-order valence-electron chi connectivity index (χ2n) is 6.56. The molecule has 0 spiro atoms. The lowest BCUT2D eigenvalue weighted by Gasteiger charge is -2.30. The van der Waals surface area contributed by atoms with Crippen LogP contribution in [-0.2, 0) is 4.74 Å². The Kier molecular flexibility index (Phi) is 8.64. The monoisotopic (exact) mass is 287 g/mol. The highest BCUT2D eigenvalue weighted by atomic mass is 16.5. The normalized spacial score (nSPS) is 20.6. The Morgan fingerprint density at radius 2 is 1.90 bits per heavy atom. The third-order valence-electron chi connectivity index (χ3n) is 3.56. The molecule has 2 atom stereocenters. The van der Waals surface area contributed by atoms with Gasteiger partial charge in [0.05, 0.1) is 19.3 Å². The molecule has 0 amide bonds. The van der Waals surface area contributed by atoms with Gasteiger partial charge < -0.3 is 20.1 Å². The van der Waals surface area contributed by atoms with Crippen LogP contribution >= 0.6 is 0 Å². The molecule has 2 unspecified atom stereocenters. The van der Waals surface area contributed by atoms with Crippen molar-refractivity contribution in [3.63, 3.8) is 0 Å². The molecule has 1 rings (SSSR count). The van der Waals surface area contributed by atoms with E-state index in [-0.39, 0.29) is 6.10 Å². The molecule has 5 heteroatoms. The molecule has 1 aliphatic heterocycles. The average molecular weight is 287 g/mol. The fraction of sp³-hybridized carbons (Fsp3) is 1.00. The summed E-state index contributed by atoms with van der Waals surface area (Å²) in [5.74, 6) is 0.670. The smallest absolute Gasteiger partial charge is 0.0791 e. The van der Waals surface area contributed by atoms with Gasteiger partial charge in [0.15, 0.2) is 0 Å². The Morgan fingerprint density at radius 3 is 2.45 bits per heavy atom. The summed E-state index contributed by atoms with van der Waals surface area (Å²) in [6.45, 7) is 10.4. The first kappa shape index (κ1) is 17.9. The van der Waals surface area contributed by atoms with E-state index >= 15 is 0 Å². The molecule has 1 saturated heterocycles. The predicted octanol–water partition coefficient (Wildman–Crippen LogP) is 0.245. The molecule has 0 saturated carbocycles. The van der Waals surface area contributed by atoms with Crippen LogP contribution in [0.3, 0.4) is 0 Å². The molecule has 0 aromatic rings. The first-order valence-electron chi connectivity index (χ1n) is 7.83. The standard InChI is InChI=1S/C15H33N3O2/c1-13(2)9-14(11-17(3)4)16-10-15(19)12-18-5-7-20-8-6-18/h13-16,19H,5-12H2,1-4H3. The van der Waals surface area contributed by atoms with E-state index in [1.165, 1.54) is 0 Å². The lowest BCUT2D eigenvalue weighted by atomic mass is 10.0. The number of hydrogen-bond acceptors (Lipinski definition) is 5. The molecule has 5 nitrogen and oxygen atoms in total. The van der Waals surface area contributed by atoms with Crippen LogP contribution in [0.5, 0.6) is 0 Å². The van der Waals surface area contributed by atoms with Crippen LogP contribution in [0.1, 0.15) is 20.3 Å². The van der Waals surface area contributed by atoms with Crippen LogP contribution in [0.25, 0.3) is 0 Å². The van der Waals surface area contributed by atoms with Crippen molar-refractivity contribution in [2.45, 2.75) is 32.4 Å². The summed E-state index contributed by atoms with van der Waals surface area (Å²) in [5.41, 5.74) is 0. The minimum Gasteiger partial charge on any atom is -0.390 e. The largest absolute Gasteiger partial charge is 0.390 e. The van der Waals surface area contributed by atoms with Crippen LogP contribution < -0.4 is 5.32 Å². The van der Waals surface area contributed by atoms with Crippen molar-refractivity contribution in [3.8, 4) is 0 Å². The van der Waals surface area contributed by atoms with Crippen LogP contribution in [-0.4, -0.2) is 87.1 Å². The number of nitrogens with zero attached hydrogens (tertiary/aromatic N) is 2. The van der Waals surface area contributed by atoms with Crippen molar-refractivity contribution < 1.29 is 9.84 Å². The Hall–Kier alpha value is -0.200. The molecule has 2 N–H and O–H groups in total. The number of hydrogen-bond donors (Lipinski definition) is 2. The molecule has 0 aliphatic carbocycles. The summed E-state index contributed by atoms with van der Waals surface area (Å²) in [7, 11) is 4.19. The van der Waals surface area contributed by atoms with Crippen molar-refractivity contribution in [3.05, 3.63) is 0 Å². The Balaban J connectivity index is 2.25. The highest BCUT2D eigenvalue weighted by Crippen LogP contribution is 2.06. The van der Waals surface area contributed by atoms with Gasteiger partial charge in [-0.1, -0.05) is 13.8 Å². The van der Waals surface area contributed by atoms with Crippen molar-refractivity contribution in [2.24, 2.45) is 5.92 Å². The summed E-state index contributed by atoms with van der Waals surface area (Å²) >= 11 is 0. The zero-order valence-corrected chi connectivity index (χ0v) is 13.6.